The highest BCUT2D eigenvalue weighted by Gasteiger charge is 2.34. The van der Waals surface area contributed by atoms with Crippen molar-refractivity contribution in [2.75, 3.05) is 39.8 Å². The van der Waals surface area contributed by atoms with E-state index in [1.807, 2.05) is 24.9 Å². The van der Waals surface area contributed by atoms with Crippen LogP contribution in [0.2, 0.25) is 0 Å². The number of benzene rings is 1. The SMILES string of the molecule is C=C/C(=C\C(=C(/C)CN1CCN(C)CC1)C(F)(F)F)NC(=O)c1ccc(C)c(C#Cc2cnc3[nH]ncc3c2)c1. The quantitative estimate of drug-likeness (QED) is 0.348. The molecule has 1 amide bonds. The van der Waals surface area contributed by atoms with Gasteiger partial charge in [0.15, 0.2) is 5.65 Å². The van der Waals surface area contributed by atoms with Crippen LogP contribution in [0.5, 0.6) is 0 Å². The van der Waals surface area contributed by atoms with Crippen molar-refractivity contribution in [1.29, 1.82) is 0 Å². The maximum absolute atomic E-state index is 14.0. The zero-order chi connectivity index (χ0) is 28.9. The number of H-pyrrole nitrogens is 1. The summed E-state index contributed by atoms with van der Waals surface area (Å²) in [6, 6.07) is 6.81. The van der Waals surface area contributed by atoms with E-state index in [0.29, 0.717) is 29.9 Å². The number of aromatic nitrogens is 3. The Kier molecular flexibility index (Phi) is 8.87. The second-order valence-electron chi connectivity index (χ2n) is 9.84. The van der Waals surface area contributed by atoms with Crippen LogP contribution in [0, 0.1) is 18.8 Å². The molecular formula is C30H31F3N6O. The monoisotopic (exact) mass is 548 g/mol. The lowest BCUT2D eigenvalue weighted by atomic mass is 10.0. The molecular weight excluding hydrogens is 517 g/mol. The van der Waals surface area contributed by atoms with Crippen LogP contribution in [0.4, 0.5) is 13.2 Å². The first-order chi connectivity index (χ1) is 19.0. The Balaban J connectivity index is 1.54. The fourth-order valence-electron chi connectivity index (χ4n) is 4.32. The summed E-state index contributed by atoms with van der Waals surface area (Å²) in [5.74, 6) is 5.54. The number of piperazine rings is 1. The van der Waals surface area contributed by atoms with Gasteiger partial charge in [-0.2, -0.15) is 18.3 Å². The van der Waals surface area contributed by atoms with Gasteiger partial charge in [0.1, 0.15) is 0 Å². The lowest BCUT2D eigenvalue weighted by Gasteiger charge is -2.33. The van der Waals surface area contributed by atoms with Crippen LogP contribution in [0.15, 0.2) is 72.2 Å². The molecule has 7 nitrogen and oxygen atoms in total. The Labute approximate surface area is 231 Å². The number of aryl methyl sites for hydroxylation is 1. The zero-order valence-corrected chi connectivity index (χ0v) is 22.7. The molecule has 1 fully saturated rings. The van der Waals surface area contributed by atoms with Gasteiger partial charge in [-0.1, -0.05) is 24.5 Å². The zero-order valence-electron chi connectivity index (χ0n) is 22.7. The van der Waals surface area contributed by atoms with Gasteiger partial charge in [0.25, 0.3) is 5.91 Å². The van der Waals surface area contributed by atoms with Crippen molar-refractivity contribution < 1.29 is 18.0 Å². The van der Waals surface area contributed by atoms with Gasteiger partial charge in [0.05, 0.1) is 11.8 Å². The summed E-state index contributed by atoms with van der Waals surface area (Å²) < 4.78 is 42.1. The molecule has 10 heteroatoms. The highest BCUT2D eigenvalue weighted by atomic mass is 19.4. The maximum atomic E-state index is 14.0. The molecule has 208 valence electrons. The van der Waals surface area contributed by atoms with E-state index in [4.69, 9.17) is 0 Å². The van der Waals surface area contributed by atoms with Crippen LogP contribution < -0.4 is 5.32 Å². The smallest absolute Gasteiger partial charge is 0.322 e. The summed E-state index contributed by atoms with van der Waals surface area (Å²) in [4.78, 5) is 21.4. The van der Waals surface area contributed by atoms with Crippen LogP contribution in [-0.4, -0.2) is 76.8 Å². The molecule has 0 aliphatic carbocycles. The van der Waals surface area contributed by atoms with E-state index in [1.54, 1.807) is 30.6 Å². The molecule has 40 heavy (non-hydrogen) atoms. The number of likely N-dealkylation sites (N-methyl/N-ethyl adjacent to an activating group) is 1. The molecule has 0 saturated carbocycles. The average molecular weight is 549 g/mol. The van der Waals surface area contributed by atoms with Crippen LogP contribution >= 0.6 is 0 Å². The third-order valence-electron chi connectivity index (χ3n) is 6.73. The molecule has 1 aliphatic heterocycles. The molecule has 3 heterocycles. The van der Waals surface area contributed by atoms with Crippen molar-refractivity contribution in [3.8, 4) is 11.8 Å². The number of fused-ring (bicyclic) bond motifs is 1. The topological polar surface area (TPSA) is 77.1 Å². The molecule has 0 radical (unpaired) electrons. The van der Waals surface area contributed by atoms with E-state index in [-0.39, 0.29) is 23.4 Å². The van der Waals surface area contributed by atoms with Gasteiger partial charge in [-0.3, -0.25) is 14.8 Å². The molecule has 3 aromatic rings. The molecule has 2 aromatic heterocycles. The lowest BCUT2D eigenvalue weighted by Crippen LogP contribution is -2.45. The van der Waals surface area contributed by atoms with E-state index in [1.165, 1.54) is 13.0 Å². The van der Waals surface area contributed by atoms with Gasteiger partial charge in [-0.05, 0) is 62.4 Å². The number of hydrogen-bond donors (Lipinski definition) is 2. The Bertz CT molecular complexity index is 1530. The van der Waals surface area contributed by atoms with Crippen molar-refractivity contribution >= 4 is 16.9 Å². The van der Waals surface area contributed by atoms with Gasteiger partial charge in [-0.25, -0.2) is 4.98 Å². The number of halogens is 3. The van der Waals surface area contributed by atoms with Crippen LogP contribution in [0.1, 0.15) is 34.0 Å². The highest BCUT2D eigenvalue weighted by molar-refractivity contribution is 5.96. The van der Waals surface area contributed by atoms with Crippen molar-refractivity contribution in [3.63, 3.8) is 0 Å². The minimum atomic E-state index is -4.59. The van der Waals surface area contributed by atoms with Crippen LogP contribution in [0.3, 0.4) is 0 Å². The Morgan fingerprint density at radius 1 is 1.18 bits per heavy atom. The maximum Gasteiger partial charge on any atom is 0.416 e. The summed E-state index contributed by atoms with van der Waals surface area (Å²) >= 11 is 0. The third-order valence-corrected chi connectivity index (χ3v) is 6.73. The fourth-order valence-corrected chi connectivity index (χ4v) is 4.32. The molecule has 1 aromatic carbocycles. The van der Waals surface area contributed by atoms with Gasteiger partial charge in [0.2, 0.25) is 0 Å². The minimum Gasteiger partial charge on any atom is -0.322 e. The summed E-state index contributed by atoms with van der Waals surface area (Å²) in [6.07, 6.45) is 0.848. The molecule has 1 aliphatic rings. The summed E-state index contributed by atoms with van der Waals surface area (Å²) in [5, 5.41) is 10.1. The van der Waals surface area contributed by atoms with E-state index in [0.717, 1.165) is 30.1 Å². The first-order valence-electron chi connectivity index (χ1n) is 12.8. The largest absolute Gasteiger partial charge is 0.416 e. The number of nitrogens with zero attached hydrogens (tertiary/aromatic N) is 4. The average Bonchev–Trinajstić information content (AvgIpc) is 3.39. The molecule has 0 atom stereocenters. The number of nitrogens with one attached hydrogen (secondary N) is 2. The number of carbonyl (C=O) groups is 1. The standard InChI is InChI=1S/C30H31F3N6O/c1-5-26(16-27(30(31,32)33)21(3)19-39-12-10-38(4)11-13-39)36-29(40)24-8-6-20(2)23(15-24)9-7-22-14-25-18-35-37-28(25)34-17-22/h5-6,8,14-18H,1,10-13,19H2,2-4H3,(H,36,40)(H,34,35,37)/b26-16+,27-21-. The molecule has 1 saturated heterocycles. The Hall–Kier alpha value is -4.20. The van der Waals surface area contributed by atoms with Gasteiger partial charge >= 0.3 is 6.18 Å². The Morgan fingerprint density at radius 2 is 1.93 bits per heavy atom. The number of alkyl halides is 3. The normalized spacial score (nSPS) is 15.8. The van der Waals surface area contributed by atoms with Crippen LogP contribution in [-0.2, 0) is 0 Å². The van der Waals surface area contributed by atoms with Crippen molar-refractivity contribution in [2.45, 2.75) is 20.0 Å². The van der Waals surface area contributed by atoms with Crippen molar-refractivity contribution in [3.05, 3.63) is 94.5 Å². The predicted molar refractivity (Wildman–Crippen MR) is 149 cm³/mol. The summed E-state index contributed by atoms with van der Waals surface area (Å²) in [5.41, 5.74) is 2.41. The number of pyridine rings is 1. The Morgan fingerprint density at radius 3 is 2.62 bits per heavy atom. The first kappa shape index (κ1) is 28.8. The van der Waals surface area contributed by atoms with Gasteiger partial charge in [0, 0.05) is 66.7 Å². The fraction of sp³-hybridized carbons (Fsp3) is 0.300. The minimum absolute atomic E-state index is 0.0391. The molecule has 2 N–H and O–H groups in total. The molecule has 4 rings (SSSR count). The second-order valence-corrected chi connectivity index (χ2v) is 9.84. The van der Waals surface area contributed by atoms with Crippen molar-refractivity contribution in [1.82, 2.24) is 30.3 Å². The van der Waals surface area contributed by atoms with E-state index in [2.05, 4.69) is 43.8 Å². The van der Waals surface area contributed by atoms with Gasteiger partial charge < -0.3 is 10.2 Å². The summed E-state index contributed by atoms with van der Waals surface area (Å²) in [6.45, 7) is 10.1. The van der Waals surface area contributed by atoms with E-state index in [9.17, 15) is 18.0 Å². The number of aromatic amines is 1. The number of allylic oxidation sites excluding steroid dienone is 3. The number of hydrogen-bond acceptors (Lipinski definition) is 5. The molecule has 0 bridgehead atoms. The number of rotatable bonds is 6. The predicted octanol–water partition coefficient (Wildman–Crippen LogP) is 4.59. The van der Waals surface area contributed by atoms with Gasteiger partial charge in [-0.15, -0.1) is 0 Å². The summed E-state index contributed by atoms with van der Waals surface area (Å²) in [7, 11) is 1.99. The molecule has 0 unspecified atom stereocenters. The molecule has 0 spiro atoms. The van der Waals surface area contributed by atoms with E-state index >= 15 is 0 Å². The van der Waals surface area contributed by atoms with E-state index < -0.39 is 17.7 Å². The lowest BCUT2D eigenvalue weighted by molar-refractivity contribution is -0.0893. The highest BCUT2D eigenvalue weighted by Crippen LogP contribution is 2.30. The first-order valence-corrected chi connectivity index (χ1v) is 12.8. The second kappa shape index (κ2) is 12.3. The number of amides is 1. The van der Waals surface area contributed by atoms with Crippen molar-refractivity contribution in [2.24, 2.45) is 0 Å². The number of carbonyl (C=O) groups excluding carboxylic acids is 1. The van der Waals surface area contributed by atoms with Crippen LogP contribution in [0.25, 0.3) is 11.0 Å². The third kappa shape index (κ3) is 7.25.